The quantitative estimate of drug-likeness (QED) is 0.786. The normalized spacial score (nSPS) is 10.1. The molecule has 2 N–H and O–H groups in total. The third-order valence-corrected chi connectivity index (χ3v) is 3.02. The first-order valence-corrected chi connectivity index (χ1v) is 6.20. The topological polar surface area (TPSA) is 50.4 Å². The van der Waals surface area contributed by atoms with Gasteiger partial charge in [0.25, 0.3) is 0 Å². The Kier molecular flexibility index (Phi) is 6.00. The summed E-state index contributed by atoms with van der Waals surface area (Å²) in [6.07, 6.45) is 0. The molecule has 17 heavy (non-hydrogen) atoms. The molecule has 1 aromatic rings. The van der Waals surface area contributed by atoms with Gasteiger partial charge in [-0.2, -0.15) is 0 Å². The number of ether oxygens (including phenoxy) is 1. The zero-order valence-corrected chi connectivity index (χ0v) is 11.6. The van der Waals surface area contributed by atoms with Gasteiger partial charge in [-0.3, -0.25) is 4.79 Å². The maximum Gasteiger partial charge on any atom is 0.216 e. The molecule has 0 aliphatic rings. The van der Waals surface area contributed by atoms with Crippen molar-refractivity contribution in [1.82, 2.24) is 10.6 Å². The van der Waals surface area contributed by atoms with Crippen LogP contribution in [0.4, 0.5) is 0 Å². The van der Waals surface area contributed by atoms with Crippen LogP contribution in [-0.4, -0.2) is 26.1 Å². The van der Waals surface area contributed by atoms with E-state index in [4.69, 9.17) is 4.74 Å². The summed E-state index contributed by atoms with van der Waals surface area (Å²) in [5.41, 5.74) is 1.13. The van der Waals surface area contributed by atoms with Crippen LogP contribution in [0, 0.1) is 0 Å². The minimum atomic E-state index is -0.00522. The average Bonchev–Trinajstić information content (AvgIpc) is 2.30. The van der Waals surface area contributed by atoms with Crippen LogP contribution in [0.1, 0.15) is 12.5 Å². The van der Waals surface area contributed by atoms with Gasteiger partial charge >= 0.3 is 0 Å². The van der Waals surface area contributed by atoms with Crippen molar-refractivity contribution in [1.29, 1.82) is 0 Å². The van der Waals surface area contributed by atoms with E-state index < -0.39 is 0 Å². The van der Waals surface area contributed by atoms with Crippen molar-refractivity contribution in [2.24, 2.45) is 0 Å². The van der Waals surface area contributed by atoms with Crippen LogP contribution in [0.5, 0.6) is 5.75 Å². The fraction of sp³-hybridized carbons (Fsp3) is 0.417. The summed E-state index contributed by atoms with van der Waals surface area (Å²) in [7, 11) is 1.65. The SMILES string of the molecule is COc1ccc(Br)c(CNCCNC(C)=O)c1. The summed E-state index contributed by atoms with van der Waals surface area (Å²) in [5, 5.41) is 5.98. The van der Waals surface area contributed by atoms with Gasteiger partial charge in [0.2, 0.25) is 5.91 Å². The third kappa shape index (κ3) is 5.19. The molecule has 1 amide bonds. The van der Waals surface area contributed by atoms with Crippen molar-refractivity contribution in [3.8, 4) is 5.75 Å². The highest BCUT2D eigenvalue weighted by atomic mass is 79.9. The number of rotatable bonds is 6. The van der Waals surface area contributed by atoms with Crippen molar-refractivity contribution >= 4 is 21.8 Å². The summed E-state index contributed by atoms with van der Waals surface area (Å²) in [6.45, 7) is 3.62. The van der Waals surface area contributed by atoms with Crippen molar-refractivity contribution < 1.29 is 9.53 Å². The Balaban J connectivity index is 2.38. The first-order chi connectivity index (χ1) is 8.13. The van der Waals surface area contributed by atoms with E-state index in [9.17, 15) is 4.79 Å². The van der Waals surface area contributed by atoms with E-state index in [1.165, 1.54) is 6.92 Å². The molecule has 1 aromatic carbocycles. The number of halogens is 1. The lowest BCUT2D eigenvalue weighted by Gasteiger charge is -2.09. The number of carbonyl (C=O) groups excluding carboxylic acids is 1. The summed E-state index contributed by atoms with van der Waals surface area (Å²) in [5.74, 6) is 0.834. The average molecular weight is 301 g/mol. The maximum atomic E-state index is 10.7. The van der Waals surface area contributed by atoms with Crippen LogP contribution in [0.25, 0.3) is 0 Å². The molecule has 0 spiro atoms. The number of nitrogens with one attached hydrogen (secondary N) is 2. The van der Waals surface area contributed by atoms with Gasteiger partial charge in [0.1, 0.15) is 5.75 Å². The van der Waals surface area contributed by atoms with Gasteiger partial charge in [-0.05, 0) is 23.8 Å². The number of hydrogen-bond donors (Lipinski definition) is 2. The Morgan fingerprint density at radius 3 is 2.82 bits per heavy atom. The molecular weight excluding hydrogens is 284 g/mol. The van der Waals surface area contributed by atoms with Gasteiger partial charge in [-0.1, -0.05) is 15.9 Å². The fourth-order valence-corrected chi connectivity index (χ4v) is 1.75. The molecule has 5 heteroatoms. The molecule has 0 radical (unpaired) electrons. The smallest absolute Gasteiger partial charge is 0.216 e. The number of amides is 1. The Bertz CT molecular complexity index is 383. The first-order valence-electron chi connectivity index (χ1n) is 5.41. The number of hydrogen-bond acceptors (Lipinski definition) is 3. The van der Waals surface area contributed by atoms with Crippen molar-refractivity contribution in [2.75, 3.05) is 20.2 Å². The monoisotopic (exact) mass is 300 g/mol. The van der Waals surface area contributed by atoms with Crippen LogP contribution >= 0.6 is 15.9 Å². The van der Waals surface area contributed by atoms with E-state index >= 15 is 0 Å². The molecular formula is C12H17BrN2O2. The lowest BCUT2D eigenvalue weighted by Crippen LogP contribution is -2.29. The zero-order valence-electron chi connectivity index (χ0n) is 10.0. The highest BCUT2D eigenvalue weighted by Crippen LogP contribution is 2.22. The van der Waals surface area contributed by atoms with Crippen LogP contribution < -0.4 is 15.4 Å². The highest BCUT2D eigenvalue weighted by molar-refractivity contribution is 9.10. The van der Waals surface area contributed by atoms with E-state index in [0.29, 0.717) is 6.54 Å². The van der Waals surface area contributed by atoms with E-state index in [0.717, 1.165) is 28.9 Å². The standard InChI is InChI=1S/C12H17BrN2O2/c1-9(16)15-6-5-14-8-10-7-11(17-2)3-4-12(10)13/h3-4,7,14H,5-6,8H2,1-2H3,(H,15,16). The molecule has 0 atom stereocenters. The van der Waals surface area contributed by atoms with Gasteiger partial charge in [0.15, 0.2) is 0 Å². The maximum absolute atomic E-state index is 10.7. The van der Waals surface area contributed by atoms with Crippen molar-refractivity contribution in [3.05, 3.63) is 28.2 Å². The largest absolute Gasteiger partial charge is 0.497 e. The van der Waals surface area contributed by atoms with Crippen molar-refractivity contribution in [3.63, 3.8) is 0 Å². The van der Waals surface area contributed by atoms with E-state index in [1.807, 2.05) is 18.2 Å². The summed E-state index contributed by atoms with van der Waals surface area (Å²) in [6, 6.07) is 5.85. The van der Waals surface area contributed by atoms with Gasteiger partial charge in [0, 0.05) is 31.0 Å². The van der Waals surface area contributed by atoms with E-state index in [1.54, 1.807) is 7.11 Å². The minimum absolute atomic E-state index is 0.00522. The molecule has 0 saturated carbocycles. The Morgan fingerprint density at radius 2 is 2.18 bits per heavy atom. The van der Waals surface area contributed by atoms with Gasteiger partial charge in [0.05, 0.1) is 7.11 Å². The number of benzene rings is 1. The molecule has 0 aromatic heterocycles. The Morgan fingerprint density at radius 1 is 1.41 bits per heavy atom. The van der Waals surface area contributed by atoms with Gasteiger partial charge < -0.3 is 15.4 Å². The third-order valence-electron chi connectivity index (χ3n) is 2.24. The second-order valence-electron chi connectivity index (χ2n) is 3.62. The second kappa shape index (κ2) is 7.29. The number of methoxy groups -OCH3 is 1. The molecule has 0 bridgehead atoms. The Hall–Kier alpha value is -1.07. The molecule has 0 aliphatic carbocycles. The van der Waals surface area contributed by atoms with Crippen LogP contribution in [0.3, 0.4) is 0 Å². The van der Waals surface area contributed by atoms with Gasteiger partial charge in [-0.15, -0.1) is 0 Å². The molecule has 94 valence electrons. The molecule has 4 nitrogen and oxygen atoms in total. The lowest BCUT2D eigenvalue weighted by molar-refractivity contribution is -0.118. The van der Waals surface area contributed by atoms with E-state index in [-0.39, 0.29) is 5.91 Å². The summed E-state index contributed by atoms with van der Waals surface area (Å²) in [4.78, 5) is 10.7. The second-order valence-corrected chi connectivity index (χ2v) is 4.47. The van der Waals surface area contributed by atoms with E-state index in [2.05, 4.69) is 26.6 Å². The molecule has 0 aliphatic heterocycles. The predicted molar refractivity (Wildman–Crippen MR) is 71.1 cm³/mol. The molecule has 1 rings (SSSR count). The molecule has 0 saturated heterocycles. The number of carbonyl (C=O) groups is 1. The lowest BCUT2D eigenvalue weighted by atomic mass is 10.2. The predicted octanol–water partition coefficient (Wildman–Crippen LogP) is 1.68. The van der Waals surface area contributed by atoms with Crippen molar-refractivity contribution in [2.45, 2.75) is 13.5 Å². The highest BCUT2D eigenvalue weighted by Gasteiger charge is 2.01. The first kappa shape index (κ1) is 14.0. The molecule has 0 unspecified atom stereocenters. The van der Waals surface area contributed by atoms with Crippen LogP contribution in [0.15, 0.2) is 22.7 Å². The zero-order chi connectivity index (χ0) is 12.7. The van der Waals surface area contributed by atoms with Crippen LogP contribution in [0.2, 0.25) is 0 Å². The Labute approximate surface area is 110 Å². The fourth-order valence-electron chi connectivity index (χ4n) is 1.36. The molecule has 0 fully saturated rings. The van der Waals surface area contributed by atoms with Gasteiger partial charge in [-0.25, -0.2) is 0 Å². The summed E-state index contributed by atoms with van der Waals surface area (Å²) >= 11 is 3.49. The molecule has 0 heterocycles. The van der Waals surface area contributed by atoms with Crippen LogP contribution in [-0.2, 0) is 11.3 Å². The summed E-state index contributed by atoms with van der Waals surface area (Å²) < 4.78 is 6.21. The minimum Gasteiger partial charge on any atom is -0.497 e.